The van der Waals surface area contributed by atoms with Gasteiger partial charge in [0.1, 0.15) is 11.2 Å². The van der Waals surface area contributed by atoms with E-state index in [9.17, 15) is 5.26 Å². The van der Waals surface area contributed by atoms with Crippen molar-refractivity contribution in [2.75, 3.05) is 0 Å². The largest absolute Gasteiger partial charge is 0.455 e. The van der Waals surface area contributed by atoms with Gasteiger partial charge in [0.2, 0.25) is 0 Å². The zero-order chi connectivity index (χ0) is 30.6. The Bertz CT molecular complexity index is 2670. The molecule has 3 heterocycles. The van der Waals surface area contributed by atoms with Crippen molar-refractivity contribution in [1.82, 2.24) is 15.0 Å². The Morgan fingerprint density at radius 1 is 0.522 bits per heavy atom. The van der Waals surface area contributed by atoms with E-state index in [1.165, 1.54) is 20.2 Å². The predicted molar refractivity (Wildman–Crippen MR) is 186 cm³/mol. The molecule has 0 saturated carbocycles. The summed E-state index contributed by atoms with van der Waals surface area (Å²) in [4.78, 5) is 14.7. The maximum atomic E-state index is 9.85. The summed E-state index contributed by atoms with van der Waals surface area (Å²) in [5, 5.41) is 14.4. The van der Waals surface area contributed by atoms with Gasteiger partial charge in [0.05, 0.1) is 17.2 Å². The van der Waals surface area contributed by atoms with Crippen molar-refractivity contribution in [3.8, 4) is 51.4 Å². The summed E-state index contributed by atoms with van der Waals surface area (Å²) in [6.07, 6.45) is 0. The number of hydrogen-bond donors (Lipinski definition) is 0. The molecular formula is C40H22N4OS. The van der Waals surface area contributed by atoms with E-state index in [2.05, 4.69) is 60.7 Å². The molecule has 0 saturated heterocycles. The molecule has 0 atom stereocenters. The molecule has 0 bridgehead atoms. The molecule has 6 heteroatoms. The Morgan fingerprint density at radius 2 is 1.20 bits per heavy atom. The maximum absolute atomic E-state index is 9.85. The van der Waals surface area contributed by atoms with Crippen molar-refractivity contribution in [3.05, 3.63) is 139 Å². The summed E-state index contributed by atoms with van der Waals surface area (Å²) in [6, 6.07) is 47.1. The Hall–Kier alpha value is -6.16. The number of para-hydroxylation sites is 1. The van der Waals surface area contributed by atoms with Crippen LogP contribution in [0.3, 0.4) is 0 Å². The van der Waals surface area contributed by atoms with E-state index in [1.54, 1.807) is 6.07 Å². The van der Waals surface area contributed by atoms with E-state index in [-0.39, 0.29) is 0 Å². The number of nitrogens with zero attached hydrogens (tertiary/aromatic N) is 4. The van der Waals surface area contributed by atoms with Crippen LogP contribution < -0.4 is 0 Å². The highest BCUT2D eigenvalue weighted by atomic mass is 32.1. The third-order valence-corrected chi connectivity index (χ3v) is 9.54. The Labute approximate surface area is 267 Å². The lowest BCUT2D eigenvalue weighted by molar-refractivity contribution is 0.669. The zero-order valence-corrected chi connectivity index (χ0v) is 25.1. The average Bonchev–Trinajstić information content (AvgIpc) is 3.70. The molecule has 0 aliphatic rings. The molecule has 214 valence electrons. The minimum Gasteiger partial charge on any atom is -0.455 e. The van der Waals surface area contributed by atoms with Gasteiger partial charge in [-0.25, -0.2) is 15.0 Å². The molecule has 5 nitrogen and oxygen atoms in total. The van der Waals surface area contributed by atoms with Crippen LogP contribution in [0, 0.1) is 11.3 Å². The summed E-state index contributed by atoms with van der Waals surface area (Å²) in [6.45, 7) is 0. The second-order valence-corrected chi connectivity index (χ2v) is 12.2. The van der Waals surface area contributed by atoms with Crippen molar-refractivity contribution < 1.29 is 4.42 Å². The fourth-order valence-electron chi connectivity index (χ4n) is 6.27. The molecule has 0 unspecified atom stereocenters. The topological polar surface area (TPSA) is 75.6 Å². The van der Waals surface area contributed by atoms with Gasteiger partial charge in [-0.2, -0.15) is 5.26 Å². The van der Waals surface area contributed by atoms with Crippen LogP contribution in [-0.2, 0) is 0 Å². The Kier molecular flexibility index (Phi) is 5.98. The van der Waals surface area contributed by atoms with Crippen LogP contribution >= 0.6 is 11.3 Å². The highest BCUT2D eigenvalue weighted by Gasteiger charge is 2.20. The van der Waals surface area contributed by atoms with Crippen molar-refractivity contribution in [1.29, 1.82) is 5.26 Å². The minimum atomic E-state index is 0.437. The number of hydrogen-bond acceptors (Lipinski definition) is 6. The van der Waals surface area contributed by atoms with Gasteiger partial charge in [0.15, 0.2) is 17.5 Å². The van der Waals surface area contributed by atoms with Crippen LogP contribution in [0.25, 0.3) is 87.4 Å². The van der Waals surface area contributed by atoms with Gasteiger partial charge in [-0.1, -0.05) is 97.1 Å². The molecule has 9 rings (SSSR count). The fourth-order valence-corrected chi connectivity index (χ4v) is 7.41. The van der Waals surface area contributed by atoms with Gasteiger partial charge in [-0.3, -0.25) is 0 Å². The lowest BCUT2D eigenvalue weighted by Gasteiger charge is -2.09. The van der Waals surface area contributed by atoms with Crippen LogP contribution in [0.1, 0.15) is 5.56 Å². The molecule has 0 fully saturated rings. The van der Waals surface area contributed by atoms with E-state index < -0.39 is 0 Å². The molecule has 0 aliphatic heterocycles. The van der Waals surface area contributed by atoms with Crippen LogP contribution in [-0.4, -0.2) is 15.0 Å². The van der Waals surface area contributed by atoms with Gasteiger partial charge < -0.3 is 4.42 Å². The molecule has 0 N–H and O–H groups in total. The third kappa shape index (κ3) is 4.18. The first-order valence-electron chi connectivity index (χ1n) is 14.9. The van der Waals surface area contributed by atoms with Crippen LogP contribution in [0.15, 0.2) is 138 Å². The summed E-state index contributed by atoms with van der Waals surface area (Å²) < 4.78 is 9.17. The Morgan fingerprint density at radius 3 is 2.09 bits per heavy atom. The summed E-state index contributed by atoms with van der Waals surface area (Å²) >= 11 is 1.82. The first-order valence-corrected chi connectivity index (χ1v) is 15.7. The molecule has 6 aromatic carbocycles. The second-order valence-electron chi connectivity index (χ2n) is 11.1. The standard InChI is InChI=1S/C40H22N4OS/c41-23-26-12-4-5-13-28(26)39-42-38(24-10-2-1-3-11-24)43-40(44-39)32-17-8-16-31-36-27(15-9-18-33(36)45-37(31)32)25-20-21-30-29-14-6-7-19-34(29)46-35(30)22-25/h1-22H. The van der Waals surface area contributed by atoms with Gasteiger partial charge in [0.25, 0.3) is 0 Å². The van der Waals surface area contributed by atoms with Crippen molar-refractivity contribution >= 4 is 53.4 Å². The first kappa shape index (κ1) is 26.3. The minimum absolute atomic E-state index is 0.437. The molecule has 9 aromatic rings. The zero-order valence-electron chi connectivity index (χ0n) is 24.3. The summed E-state index contributed by atoms with van der Waals surface area (Å²) in [5.41, 5.74) is 6.52. The van der Waals surface area contributed by atoms with E-state index in [1.807, 2.05) is 84.1 Å². The Balaban J connectivity index is 1.26. The predicted octanol–water partition coefficient (Wildman–Crippen LogP) is 10.7. The quantitative estimate of drug-likeness (QED) is 0.199. The number of rotatable bonds is 4. The third-order valence-electron chi connectivity index (χ3n) is 8.41. The smallest absolute Gasteiger partial charge is 0.167 e. The van der Waals surface area contributed by atoms with Crippen molar-refractivity contribution in [2.45, 2.75) is 0 Å². The summed E-state index contributed by atoms with van der Waals surface area (Å²) in [7, 11) is 0. The maximum Gasteiger partial charge on any atom is 0.167 e. The van der Waals surface area contributed by atoms with Crippen molar-refractivity contribution in [2.24, 2.45) is 0 Å². The number of nitriles is 1. The highest BCUT2D eigenvalue weighted by molar-refractivity contribution is 7.25. The van der Waals surface area contributed by atoms with Crippen LogP contribution in [0.4, 0.5) is 0 Å². The van der Waals surface area contributed by atoms with Crippen LogP contribution in [0.5, 0.6) is 0 Å². The number of benzene rings is 6. The van der Waals surface area contributed by atoms with E-state index in [0.29, 0.717) is 34.2 Å². The lowest BCUT2D eigenvalue weighted by Crippen LogP contribution is -2.01. The van der Waals surface area contributed by atoms with E-state index in [4.69, 9.17) is 19.4 Å². The molecule has 3 aromatic heterocycles. The van der Waals surface area contributed by atoms with Gasteiger partial charge in [-0.05, 0) is 47.5 Å². The number of thiophene rings is 1. The first-order chi connectivity index (χ1) is 22.7. The molecule has 0 radical (unpaired) electrons. The SMILES string of the molecule is N#Cc1ccccc1-c1nc(-c2ccccc2)nc(-c2cccc3c2oc2cccc(-c4ccc5c(c4)sc4ccccc45)c23)n1. The van der Waals surface area contributed by atoms with Gasteiger partial charge in [0, 0.05) is 42.1 Å². The molecule has 0 aliphatic carbocycles. The number of furan rings is 1. The second kappa shape index (κ2) is 10.5. The monoisotopic (exact) mass is 606 g/mol. The molecular weight excluding hydrogens is 585 g/mol. The molecule has 46 heavy (non-hydrogen) atoms. The normalized spacial score (nSPS) is 11.5. The number of fused-ring (bicyclic) bond motifs is 6. The average molecular weight is 607 g/mol. The van der Waals surface area contributed by atoms with Gasteiger partial charge >= 0.3 is 0 Å². The van der Waals surface area contributed by atoms with Crippen LogP contribution in [0.2, 0.25) is 0 Å². The fraction of sp³-hybridized carbons (Fsp3) is 0. The molecule has 0 amide bonds. The lowest BCUT2D eigenvalue weighted by atomic mass is 9.98. The van der Waals surface area contributed by atoms with Crippen molar-refractivity contribution in [3.63, 3.8) is 0 Å². The van der Waals surface area contributed by atoms with Gasteiger partial charge in [-0.15, -0.1) is 11.3 Å². The highest BCUT2D eigenvalue weighted by Crippen LogP contribution is 2.42. The number of aromatic nitrogens is 3. The summed E-state index contributed by atoms with van der Waals surface area (Å²) in [5.74, 6) is 1.44. The van der Waals surface area contributed by atoms with E-state index >= 15 is 0 Å². The molecule has 0 spiro atoms. The van der Waals surface area contributed by atoms with E-state index in [0.717, 1.165) is 38.6 Å².